The van der Waals surface area contributed by atoms with E-state index in [4.69, 9.17) is 0 Å². The highest BCUT2D eigenvalue weighted by molar-refractivity contribution is 5.79. The highest BCUT2D eigenvalue weighted by Gasteiger charge is 2.36. The van der Waals surface area contributed by atoms with Gasteiger partial charge in [0, 0.05) is 24.8 Å². The largest absolute Gasteiger partial charge is 0.389 e. The van der Waals surface area contributed by atoms with Crippen LogP contribution < -0.4 is 5.32 Å². The first kappa shape index (κ1) is 14.6. The van der Waals surface area contributed by atoms with Crippen molar-refractivity contribution in [3.05, 3.63) is 36.0 Å². The fraction of sp³-hybridized carbons (Fsp3) is 0.556. The van der Waals surface area contributed by atoms with E-state index in [-0.39, 0.29) is 0 Å². The summed E-state index contributed by atoms with van der Waals surface area (Å²) >= 11 is 0. The van der Waals surface area contributed by atoms with E-state index in [0.717, 1.165) is 32.2 Å². The molecule has 0 bridgehead atoms. The smallest absolute Gasteiger partial charge is 0.0772 e. The van der Waals surface area contributed by atoms with Gasteiger partial charge in [-0.05, 0) is 54.2 Å². The minimum absolute atomic E-state index is 0.394. The summed E-state index contributed by atoms with van der Waals surface area (Å²) in [6.07, 6.45) is 6.00. The van der Waals surface area contributed by atoms with Crippen molar-refractivity contribution in [1.29, 1.82) is 0 Å². The molecule has 3 heteroatoms. The predicted octanol–water partition coefficient (Wildman–Crippen LogP) is 3.59. The monoisotopic (exact) mass is 286 g/mol. The molecule has 1 saturated carbocycles. The van der Waals surface area contributed by atoms with Gasteiger partial charge in [-0.25, -0.2) is 0 Å². The van der Waals surface area contributed by atoms with Crippen molar-refractivity contribution < 1.29 is 5.11 Å². The van der Waals surface area contributed by atoms with Crippen LogP contribution in [-0.2, 0) is 6.54 Å². The maximum Gasteiger partial charge on any atom is 0.0772 e. The lowest BCUT2D eigenvalue weighted by Gasteiger charge is -2.40. The molecule has 0 spiro atoms. The Morgan fingerprint density at radius 2 is 1.90 bits per heavy atom. The van der Waals surface area contributed by atoms with Crippen molar-refractivity contribution in [1.82, 2.24) is 10.3 Å². The highest BCUT2D eigenvalue weighted by Crippen LogP contribution is 2.39. The van der Waals surface area contributed by atoms with Gasteiger partial charge in [-0.3, -0.25) is 0 Å². The van der Waals surface area contributed by atoms with Crippen LogP contribution in [0.3, 0.4) is 0 Å². The van der Waals surface area contributed by atoms with Crippen molar-refractivity contribution in [2.45, 2.75) is 51.7 Å². The second-order valence-electron chi connectivity index (χ2n) is 7.39. The quantitative estimate of drug-likeness (QED) is 0.804. The van der Waals surface area contributed by atoms with Crippen molar-refractivity contribution in [2.24, 2.45) is 5.41 Å². The molecule has 1 aliphatic rings. The van der Waals surface area contributed by atoms with Crippen LogP contribution in [0, 0.1) is 5.41 Å². The maximum absolute atomic E-state index is 10.7. The number of benzene rings is 1. The van der Waals surface area contributed by atoms with Crippen LogP contribution in [0.25, 0.3) is 10.9 Å². The molecule has 3 rings (SSSR count). The Hall–Kier alpha value is -1.32. The van der Waals surface area contributed by atoms with Gasteiger partial charge in [0.15, 0.2) is 0 Å². The third kappa shape index (κ3) is 3.47. The molecule has 1 aromatic carbocycles. The summed E-state index contributed by atoms with van der Waals surface area (Å²) in [4.78, 5) is 3.24. The fourth-order valence-corrected chi connectivity index (χ4v) is 3.21. The summed E-state index contributed by atoms with van der Waals surface area (Å²) in [5.74, 6) is 0. The number of H-pyrrole nitrogens is 1. The Kier molecular flexibility index (Phi) is 3.80. The average molecular weight is 286 g/mol. The summed E-state index contributed by atoms with van der Waals surface area (Å²) in [7, 11) is 0. The summed E-state index contributed by atoms with van der Waals surface area (Å²) in [6, 6.07) is 8.55. The third-order valence-corrected chi connectivity index (χ3v) is 4.94. The lowest BCUT2D eigenvalue weighted by molar-refractivity contribution is -0.0245. The van der Waals surface area contributed by atoms with Crippen molar-refractivity contribution in [3.8, 4) is 0 Å². The van der Waals surface area contributed by atoms with Gasteiger partial charge in [-0.15, -0.1) is 0 Å². The number of hydrogen-bond acceptors (Lipinski definition) is 2. The number of hydrogen-bond donors (Lipinski definition) is 3. The summed E-state index contributed by atoms with van der Waals surface area (Å²) in [5.41, 5.74) is 2.30. The second-order valence-corrected chi connectivity index (χ2v) is 7.39. The first-order chi connectivity index (χ1) is 9.96. The van der Waals surface area contributed by atoms with Gasteiger partial charge in [-0.2, -0.15) is 0 Å². The number of fused-ring (bicyclic) bond motifs is 1. The topological polar surface area (TPSA) is 48.0 Å². The number of aromatic amines is 1. The van der Waals surface area contributed by atoms with Gasteiger partial charge < -0.3 is 15.4 Å². The molecule has 3 nitrogen and oxygen atoms in total. The first-order valence-electron chi connectivity index (χ1n) is 7.95. The Morgan fingerprint density at radius 3 is 2.67 bits per heavy atom. The van der Waals surface area contributed by atoms with Crippen LogP contribution in [0.15, 0.2) is 30.5 Å². The molecule has 0 radical (unpaired) electrons. The summed E-state index contributed by atoms with van der Waals surface area (Å²) < 4.78 is 0. The number of aliphatic hydroxyl groups is 1. The Labute approximate surface area is 126 Å². The van der Waals surface area contributed by atoms with Crippen molar-refractivity contribution >= 4 is 10.9 Å². The van der Waals surface area contributed by atoms with E-state index in [1.54, 1.807) is 0 Å². The minimum atomic E-state index is -0.522. The molecule has 1 aromatic heterocycles. The van der Waals surface area contributed by atoms with Gasteiger partial charge in [0.2, 0.25) is 0 Å². The molecular formula is C18H26N2O. The van der Waals surface area contributed by atoms with Gasteiger partial charge in [0.1, 0.15) is 0 Å². The standard InChI is InChI=1S/C18H26N2O/c1-17(2)6-8-18(21,9-7-17)13-19-12-14-3-4-15-5-10-20-16(15)11-14/h3-5,10-11,19-21H,6-9,12-13H2,1-2H3. The Bertz CT molecular complexity index is 604. The Balaban J connectivity index is 1.53. The number of nitrogens with one attached hydrogen (secondary N) is 2. The van der Waals surface area contributed by atoms with Crippen LogP contribution in [-0.4, -0.2) is 22.2 Å². The predicted molar refractivity (Wildman–Crippen MR) is 87.2 cm³/mol. The number of aromatic nitrogens is 1. The van der Waals surface area contributed by atoms with Crippen LogP contribution in [0.4, 0.5) is 0 Å². The van der Waals surface area contributed by atoms with E-state index in [0.29, 0.717) is 12.0 Å². The fourth-order valence-electron chi connectivity index (χ4n) is 3.21. The Morgan fingerprint density at radius 1 is 1.14 bits per heavy atom. The van der Waals surface area contributed by atoms with Crippen molar-refractivity contribution in [2.75, 3.05) is 6.54 Å². The molecule has 1 heterocycles. The van der Waals surface area contributed by atoms with E-state index in [1.165, 1.54) is 16.5 Å². The van der Waals surface area contributed by atoms with E-state index >= 15 is 0 Å². The van der Waals surface area contributed by atoms with Gasteiger partial charge in [-0.1, -0.05) is 26.0 Å². The average Bonchev–Trinajstić information content (AvgIpc) is 2.90. The van der Waals surface area contributed by atoms with E-state index in [9.17, 15) is 5.11 Å². The normalized spacial score (nSPS) is 20.7. The molecule has 0 unspecified atom stereocenters. The van der Waals surface area contributed by atoms with E-state index in [2.05, 4.69) is 48.4 Å². The minimum Gasteiger partial charge on any atom is -0.389 e. The lowest BCUT2D eigenvalue weighted by atomic mass is 9.71. The van der Waals surface area contributed by atoms with Crippen LogP contribution in [0.5, 0.6) is 0 Å². The highest BCUT2D eigenvalue weighted by atomic mass is 16.3. The maximum atomic E-state index is 10.7. The zero-order valence-electron chi connectivity index (χ0n) is 13.1. The summed E-state index contributed by atoms with van der Waals surface area (Å²) in [5, 5.41) is 15.3. The third-order valence-electron chi connectivity index (χ3n) is 4.94. The van der Waals surface area contributed by atoms with E-state index in [1.807, 2.05) is 6.20 Å². The summed E-state index contributed by atoms with van der Waals surface area (Å²) in [6.45, 7) is 6.09. The molecule has 3 N–H and O–H groups in total. The molecule has 0 saturated heterocycles. The second kappa shape index (κ2) is 5.47. The molecule has 0 atom stereocenters. The molecular weight excluding hydrogens is 260 g/mol. The van der Waals surface area contributed by atoms with E-state index < -0.39 is 5.60 Å². The molecule has 1 fully saturated rings. The van der Waals surface area contributed by atoms with Gasteiger partial charge in [0.25, 0.3) is 0 Å². The molecule has 114 valence electrons. The molecule has 0 aliphatic heterocycles. The van der Waals surface area contributed by atoms with Crippen molar-refractivity contribution in [3.63, 3.8) is 0 Å². The zero-order valence-corrected chi connectivity index (χ0v) is 13.1. The molecule has 1 aliphatic carbocycles. The first-order valence-corrected chi connectivity index (χ1v) is 7.95. The van der Waals surface area contributed by atoms with Crippen LogP contribution in [0.1, 0.15) is 45.1 Å². The van der Waals surface area contributed by atoms with Crippen LogP contribution in [0.2, 0.25) is 0 Å². The molecule has 21 heavy (non-hydrogen) atoms. The molecule has 2 aromatic rings. The number of rotatable bonds is 4. The zero-order chi connectivity index (χ0) is 14.9. The lowest BCUT2D eigenvalue weighted by Crippen LogP contribution is -2.44. The van der Waals surface area contributed by atoms with Crippen LogP contribution >= 0.6 is 0 Å². The van der Waals surface area contributed by atoms with Gasteiger partial charge >= 0.3 is 0 Å². The van der Waals surface area contributed by atoms with Gasteiger partial charge in [0.05, 0.1) is 5.60 Å². The molecule has 0 amide bonds. The SMILES string of the molecule is CC1(C)CCC(O)(CNCc2ccc3cc[nH]c3c2)CC1.